The second-order valence-electron chi connectivity index (χ2n) is 5.41. The van der Waals surface area contributed by atoms with E-state index in [-0.39, 0.29) is 10.6 Å². The molecule has 1 aromatic rings. The SMILES string of the molecule is CN1CCC(CNCc2cc(Cl)ccc2[N+](=O)[O-])CC1. The standard InChI is InChI=1S/C14H20ClN3O2/c1-17-6-4-11(5-7-17)9-16-10-12-8-13(15)2-3-14(12)18(19)20/h2-3,8,11,16H,4-7,9-10H2,1H3. The lowest BCUT2D eigenvalue weighted by molar-refractivity contribution is -0.385. The minimum atomic E-state index is -0.358. The van der Waals surface area contributed by atoms with Crippen molar-refractivity contribution in [3.8, 4) is 0 Å². The Morgan fingerprint density at radius 2 is 2.15 bits per heavy atom. The molecule has 0 bridgehead atoms. The average Bonchev–Trinajstić information content (AvgIpc) is 2.41. The van der Waals surface area contributed by atoms with Gasteiger partial charge in [0.05, 0.1) is 4.92 Å². The van der Waals surface area contributed by atoms with Gasteiger partial charge in [0.25, 0.3) is 5.69 Å². The van der Waals surface area contributed by atoms with Crippen LogP contribution in [-0.2, 0) is 6.54 Å². The lowest BCUT2D eigenvalue weighted by Crippen LogP contribution is -2.34. The first-order chi connectivity index (χ1) is 9.56. The molecule has 0 unspecified atom stereocenters. The zero-order valence-corrected chi connectivity index (χ0v) is 12.4. The second-order valence-corrected chi connectivity index (χ2v) is 5.84. The molecule has 5 nitrogen and oxygen atoms in total. The highest BCUT2D eigenvalue weighted by atomic mass is 35.5. The van der Waals surface area contributed by atoms with Crippen LogP contribution in [0, 0.1) is 16.0 Å². The van der Waals surface area contributed by atoms with E-state index in [1.165, 1.54) is 18.9 Å². The van der Waals surface area contributed by atoms with Crippen LogP contribution in [-0.4, -0.2) is 36.5 Å². The minimum absolute atomic E-state index is 0.130. The third-order valence-corrected chi connectivity index (χ3v) is 4.06. The molecule has 0 saturated carbocycles. The number of hydrogen-bond acceptors (Lipinski definition) is 4. The fourth-order valence-corrected chi connectivity index (χ4v) is 2.75. The number of hydrogen-bond donors (Lipinski definition) is 1. The Morgan fingerprint density at radius 3 is 2.80 bits per heavy atom. The van der Waals surface area contributed by atoms with Crippen molar-refractivity contribution in [3.05, 3.63) is 38.9 Å². The van der Waals surface area contributed by atoms with Crippen LogP contribution in [0.3, 0.4) is 0 Å². The molecule has 1 saturated heterocycles. The Balaban J connectivity index is 1.87. The third kappa shape index (κ3) is 4.16. The van der Waals surface area contributed by atoms with Crippen LogP contribution < -0.4 is 5.32 Å². The first kappa shape index (κ1) is 15.2. The highest BCUT2D eigenvalue weighted by Crippen LogP contribution is 2.23. The maximum Gasteiger partial charge on any atom is 0.273 e. The summed E-state index contributed by atoms with van der Waals surface area (Å²) in [4.78, 5) is 12.9. The van der Waals surface area contributed by atoms with Crippen molar-refractivity contribution < 1.29 is 4.92 Å². The van der Waals surface area contributed by atoms with Crippen molar-refractivity contribution in [1.82, 2.24) is 10.2 Å². The Labute approximate surface area is 124 Å². The zero-order chi connectivity index (χ0) is 14.5. The number of nitrogens with one attached hydrogen (secondary N) is 1. The summed E-state index contributed by atoms with van der Waals surface area (Å²) < 4.78 is 0. The number of likely N-dealkylation sites (tertiary alicyclic amines) is 1. The number of nitrogens with zero attached hydrogens (tertiary/aromatic N) is 2. The minimum Gasteiger partial charge on any atom is -0.312 e. The van der Waals surface area contributed by atoms with Gasteiger partial charge in [-0.15, -0.1) is 0 Å². The number of nitro benzene ring substituents is 1. The van der Waals surface area contributed by atoms with E-state index in [1.54, 1.807) is 12.1 Å². The summed E-state index contributed by atoms with van der Waals surface area (Å²) in [6.07, 6.45) is 2.36. The van der Waals surface area contributed by atoms with E-state index in [9.17, 15) is 10.1 Å². The highest BCUT2D eigenvalue weighted by Gasteiger charge is 2.17. The summed E-state index contributed by atoms with van der Waals surface area (Å²) in [6, 6.07) is 4.69. The molecule has 0 spiro atoms. The van der Waals surface area contributed by atoms with Gasteiger partial charge >= 0.3 is 0 Å². The topological polar surface area (TPSA) is 58.4 Å². The van der Waals surface area contributed by atoms with Crippen molar-refractivity contribution >= 4 is 17.3 Å². The third-order valence-electron chi connectivity index (χ3n) is 3.82. The predicted molar refractivity (Wildman–Crippen MR) is 80.0 cm³/mol. The van der Waals surface area contributed by atoms with Crippen LogP contribution >= 0.6 is 11.6 Å². The van der Waals surface area contributed by atoms with Crippen molar-refractivity contribution in [2.45, 2.75) is 19.4 Å². The van der Waals surface area contributed by atoms with Crippen LogP contribution in [0.2, 0.25) is 5.02 Å². The molecule has 2 rings (SSSR count). The molecular formula is C14H20ClN3O2. The van der Waals surface area contributed by atoms with Gasteiger partial charge in [-0.3, -0.25) is 10.1 Å². The van der Waals surface area contributed by atoms with E-state index >= 15 is 0 Å². The van der Waals surface area contributed by atoms with E-state index in [1.807, 2.05) is 0 Å². The summed E-state index contributed by atoms with van der Waals surface area (Å²) in [5.41, 5.74) is 0.778. The molecule has 1 N–H and O–H groups in total. The van der Waals surface area contributed by atoms with Gasteiger partial charge in [0.1, 0.15) is 0 Å². The Kier molecular flexibility index (Phi) is 5.34. The van der Waals surface area contributed by atoms with Gasteiger partial charge in [0.2, 0.25) is 0 Å². The number of benzene rings is 1. The molecule has 0 aliphatic carbocycles. The summed E-state index contributed by atoms with van der Waals surface area (Å²) >= 11 is 5.91. The Bertz CT molecular complexity index is 473. The van der Waals surface area contributed by atoms with Gasteiger partial charge in [0.15, 0.2) is 0 Å². The molecule has 110 valence electrons. The van der Waals surface area contributed by atoms with Gasteiger partial charge in [0, 0.05) is 23.2 Å². The Hall–Kier alpha value is -1.17. The summed E-state index contributed by atoms with van der Waals surface area (Å²) in [6.45, 7) is 3.65. The van der Waals surface area contributed by atoms with E-state index in [2.05, 4.69) is 17.3 Å². The molecule has 1 aromatic carbocycles. The fraction of sp³-hybridized carbons (Fsp3) is 0.571. The van der Waals surface area contributed by atoms with Crippen molar-refractivity contribution in [2.24, 2.45) is 5.92 Å². The summed E-state index contributed by atoms with van der Waals surface area (Å²) in [5.74, 6) is 0.657. The molecule has 20 heavy (non-hydrogen) atoms. The molecule has 0 amide bonds. The predicted octanol–water partition coefficient (Wildman–Crippen LogP) is 2.68. The first-order valence-electron chi connectivity index (χ1n) is 6.88. The van der Waals surface area contributed by atoms with Crippen LogP contribution in [0.15, 0.2) is 18.2 Å². The van der Waals surface area contributed by atoms with Gasteiger partial charge in [-0.1, -0.05) is 11.6 Å². The zero-order valence-electron chi connectivity index (χ0n) is 11.6. The van der Waals surface area contributed by atoms with Crippen molar-refractivity contribution in [2.75, 3.05) is 26.7 Å². The van der Waals surface area contributed by atoms with Crippen molar-refractivity contribution in [1.29, 1.82) is 0 Å². The van der Waals surface area contributed by atoms with E-state index in [0.717, 1.165) is 19.6 Å². The van der Waals surface area contributed by atoms with Crippen LogP contribution in [0.25, 0.3) is 0 Å². The molecule has 1 aliphatic heterocycles. The van der Waals surface area contributed by atoms with Crippen LogP contribution in [0.5, 0.6) is 0 Å². The van der Waals surface area contributed by atoms with E-state index in [4.69, 9.17) is 11.6 Å². The average molecular weight is 298 g/mol. The molecule has 1 aliphatic rings. The van der Waals surface area contributed by atoms with Gasteiger partial charge < -0.3 is 10.2 Å². The lowest BCUT2D eigenvalue weighted by atomic mass is 9.97. The number of rotatable bonds is 5. The van der Waals surface area contributed by atoms with Crippen LogP contribution in [0.4, 0.5) is 5.69 Å². The number of piperidine rings is 1. The smallest absolute Gasteiger partial charge is 0.273 e. The van der Waals surface area contributed by atoms with E-state index in [0.29, 0.717) is 23.0 Å². The van der Waals surface area contributed by atoms with Gasteiger partial charge in [-0.2, -0.15) is 0 Å². The second kappa shape index (κ2) is 7.02. The Morgan fingerprint density at radius 1 is 1.45 bits per heavy atom. The highest BCUT2D eigenvalue weighted by molar-refractivity contribution is 6.30. The first-order valence-corrected chi connectivity index (χ1v) is 7.26. The molecule has 6 heteroatoms. The summed E-state index contributed by atoms with van der Waals surface area (Å²) in [5, 5.41) is 14.8. The number of nitro groups is 1. The molecular weight excluding hydrogens is 278 g/mol. The molecule has 1 fully saturated rings. The number of halogens is 1. The maximum absolute atomic E-state index is 11.0. The van der Waals surface area contributed by atoms with Gasteiger partial charge in [-0.25, -0.2) is 0 Å². The fourth-order valence-electron chi connectivity index (χ4n) is 2.55. The maximum atomic E-state index is 11.0. The van der Waals surface area contributed by atoms with Gasteiger partial charge in [-0.05, 0) is 57.6 Å². The summed E-state index contributed by atoms with van der Waals surface area (Å²) in [7, 11) is 2.14. The molecule has 1 heterocycles. The molecule has 0 atom stereocenters. The van der Waals surface area contributed by atoms with Crippen molar-refractivity contribution in [3.63, 3.8) is 0 Å². The monoisotopic (exact) mass is 297 g/mol. The largest absolute Gasteiger partial charge is 0.312 e. The molecule has 0 radical (unpaired) electrons. The normalized spacial score (nSPS) is 17.3. The van der Waals surface area contributed by atoms with Crippen LogP contribution in [0.1, 0.15) is 18.4 Å². The lowest BCUT2D eigenvalue weighted by Gasteiger charge is -2.29. The van der Waals surface area contributed by atoms with E-state index < -0.39 is 0 Å². The molecule has 0 aromatic heterocycles. The quantitative estimate of drug-likeness (QED) is 0.670.